The molecule has 2 aliphatic carbocycles. The van der Waals surface area contributed by atoms with Crippen molar-refractivity contribution in [2.75, 3.05) is 0 Å². The Kier molecular flexibility index (Phi) is 7.36. The number of rotatable bonds is 6. The van der Waals surface area contributed by atoms with E-state index in [1.165, 1.54) is 66.8 Å². The molecule has 0 N–H and O–H groups in total. The molecule has 0 fully saturated rings. The molecule has 214 valence electrons. The zero-order valence-electron chi connectivity index (χ0n) is 25.4. The van der Waals surface area contributed by atoms with Gasteiger partial charge in [0.2, 0.25) is 0 Å². The van der Waals surface area contributed by atoms with Gasteiger partial charge in [-0.15, -0.1) is 0 Å². The van der Waals surface area contributed by atoms with Crippen molar-refractivity contribution in [2.45, 2.75) is 21.1 Å². The summed E-state index contributed by atoms with van der Waals surface area (Å²) in [6.45, 7) is 4.23. The summed E-state index contributed by atoms with van der Waals surface area (Å²) in [4.78, 5) is 9.97. The molecule has 2 aliphatic rings. The summed E-state index contributed by atoms with van der Waals surface area (Å²) in [5.74, 6) is 0. The normalized spacial score (nSPS) is 16.5. The fourth-order valence-corrected chi connectivity index (χ4v) is 11.7. The Balaban J connectivity index is 1.29. The molecule has 0 radical (unpaired) electrons. The maximum atomic E-state index is 4.99. The van der Waals surface area contributed by atoms with Crippen molar-refractivity contribution in [1.82, 2.24) is 9.97 Å². The quantitative estimate of drug-likeness (QED) is 0.178. The first-order valence-electron chi connectivity index (χ1n) is 15.6. The van der Waals surface area contributed by atoms with E-state index in [0.717, 1.165) is 11.4 Å². The predicted molar refractivity (Wildman–Crippen MR) is 183 cm³/mol. The van der Waals surface area contributed by atoms with Crippen LogP contribution in [0, 0.1) is 13.8 Å². The second-order valence-corrected chi connectivity index (χ2v) is 15.7. The summed E-state index contributed by atoms with van der Waals surface area (Å²) in [6, 6.07) is 44.2. The Morgan fingerprint density at radius 1 is 0.467 bits per heavy atom. The molecule has 0 spiro atoms. The van der Waals surface area contributed by atoms with Gasteiger partial charge in [0.05, 0.1) is 0 Å². The number of nitrogens with zero attached hydrogens (tertiary/aromatic N) is 2. The fraction of sp³-hybridized carbons (Fsp3) is 0.0952. The SMILES string of the molecule is Cc1ccc(C2=Cc3c(-c4ccccc4)cccc3[CH]2[Zr][CH]2C(c3ccc(C)cn3)=Cc3c(-c4ccccc4)cccc32)nc1. The molecule has 8 rings (SSSR count). The second kappa shape index (κ2) is 11.8. The number of benzene rings is 4. The first-order chi connectivity index (χ1) is 22.1. The minimum absolute atomic E-state index is 0.354. The molecule has 2 unspecified atom stereocenters. The third kappa shape index (κ3) is 5.20. The molecule has 3 heteroatoms. The number of hydrogen-bond donors (Lipinski definition) is 0. The zero-order chi connectivity index (χ0) is 30.3. The van der Waals surface area contributed by atoms with E-state index in [1.54, 1.807) is 0 Å². The number of aromatic nitrogens is 2. The van der Waals surface area contributed by atoms with Crippen LogP contribution in [-0.2, 0) is 23.2 Å². The number of allylic oxidation sites excluding steroid dienone is 2. The summed E-state index contributed by atoms with van der Waals surface area (Å²) >= 11 is -1.26. The second-order valence-electron chi connectivity index (χ2n) is 12.0. The molecular formula is C42H32N2Zr. The van der Waals surface area contributed by atoms with E-state index >= 15 is 0 Å². The summed E-state index contributed by atoms with van der Waals surface area (Å²) in [5, 5.41) is 0. The fourth-order valence-electron chi connectivity index (χ4n) is 6.79. The van der Waals surface area contributed by atoms with Crippen LogP contribution in [0.3, 0.4) is 0 Å². The molecule has 0 bridgehead atoms. The molecule has 45 heavy (non-hydrogen) atoms. The Hall–Kier alpha value is -4.46. The third-order valence-corrected chi connectivity index (χ3v) is 13.7. The van der Waals surface area contributed by atoms with Gasteiger partial charge in [0.1, 0.15) is 0 Å². The molecule has 2 atom stereocenters. The molecule has 0 amide bonds. The average molecular weight is 656 g/mol. The van der Waals surface area contributed by atoms with E-state index < -0.39 is 23.2 Å². The molecule has 0 saturated heterocycles. The van der Waals surface area contributed by atoms with Gasteiger partial charge >= 0.3 is 278 Å². The van der Waals surface area contributed by atoms with Crippen LogP contribution in [0.4, 0.5) is 0 Å². The topological polar surface area (TPSA) is 25.8 Å². The van der Waals surface area contributed by atoms with Gasteiger partial charge in [0.15, 0.2) is 0 Å². The zero-order valence-corrected chi connectivity index (χ0v) is 27.9. The van der Waals surface area contributed by atoms with Gasteiger partial charge in [-0.05, 0) is 0 Å². The third-order valence-electron chi connectivity index (χ3n) is 9.04. The van der Waals surface area contributed by atoms with Crippen molar-refractivity contribution >= 4 is 23.3 Å². The summed E-state index contributed by atoms with van der Waals surface area (Å²) in [7, 11) is 0. The van der Waals surface area contributed by atoms with Gasteiger partial charge in [-0.25, -0.2) is 0 Å². The number of aryl methyl sites for hydroxylation is 2. The van der Waals surface area contributed by atoms with E-state index in [9.17, 15) is 0 Å². The summed E-state index contributed by atoms with van der Waals surface area (Å²) in [6.07, 6.45) is 8.92. The van der Waals surface area contributed by atoms with Crippen molar-refractivity contribution < 1.29 is 23.2 Å². The van der Waals surface area contributed by atoms with E-state index in [4.69, 9.17) is 9.97 Å². The van der Waals surface area contributed by atoms with Crippen LogP contribution in [-0.4, -0.2) is 9.97 Å². The molecule has 2 aromatic heterocycles. The Morgan fingerprint density at radius 2 is 0.911 bits per heavy atom. The van der Waals surface area contributed by atoms with Crippen molar-refractivity contribution in [3.05, 3.63) is 178 Å². The molecule has 2 heterocycles. The molecule has 4 aromatic carbocycles. The van der Waals surface area contributed by atoms with Crippen molar-refractivity contribution in [3.63, 3.8) is 0 Å². The van der Waals surface area contributed by atoms with Gasteiger partial charge in [-0.2, -0.15) is 0 Å². The van der Waals surface area contributed by atoms with Crippen LogP contribution in [0.5, 0.6) is 0 Å². The average Bonchev–Trinajstić information content (AvgIpc) is 3.65. The van der Waals surface area contributed by atoms with E-state index in [0.29, 0.717) is 7.25 Å². The Morgan fingerprint density at radius 3 is 1.31 bits per heavy atom. The van der Waals surface area contributed by atoms with Gasteiger partial charge < -0.3 is 0 Å². The number of pyridine rings is 2. The number of hydrogen-bond acceptors (Lipinski definition) is 2. The van der Waals surface area contributed by atoms with Gasteiger partial charge in [-0.3, -0.25) is 0 Å². The first-order valence-corrected chi connectivity index (χ1v) is 18.4. The minimum atomic E-state index is -1.26. The van der Waals surface area contributed by atoms with E-state index in [2.05, 4.69) is 147 Å². The van der Waals surface area contributed by atoms with Crippen LogP contribution >= 0.6 is 0 Å². The molecular weight excluding hydrogens is 624 g/mol. The summed E-state index contributed by atoms with van der Waals surface area (Å²) in [5.41, 5.74) is 18.0. The van der Waals surface area contributed by atoms with E-state index in [-0.39, 0.29) is 0 Å². The van der Waals surface area contributed by atoms with Gasteiger partial charge in [0.25, 0.3) is 0 Å². The first kappa shape index (κ1) is 28.0. The predicted octanol–water partition coefficient (Wildman–Crippen LogP) is 10.4. The maximum absolute atomic E-state index is 4.99. The van der Waals surface area contributed by atoms with Crippen LogP contribution in [0.15, 0.2) is 134 Å². The molecule has 0 saturated carbocycles. The number of fused-ring (bicyclic) bond motifs is 2. The van der Waals surface area contributed by atoms with Crippen molar-refractivity contribution in [1.29, 1.82) is 0 Å². The van der Waals surface area contributed by atoms with Crippen LogP contribution in [0.1, 0.15) is 52.0 Å². The van der Waals surface area contributed by atoms with Gasteiger partial charge in [-0.1, -0.05) is 0 Å². The monoisotopic (exact) mass is 654 g/mol. The molecule has 0 aliphatic heterocycles. The van der Waals surface area contributed by atoms with Crippen molar-refractivity contribution in [3.8, 4) is 22.3 Å². The Labute approximate surface area is 276 Å². The van der Waals surface area contributed by atoms with Crippen LogP contribution in [0.25, 0.3) is 45.6 Å². The van der Waals surface area contributed by atoms with Gasteiger partial charge in [0, 0.05) is 0 Å². The van der Waals surface area contributed by atoms with Crippen molar-refractivity contribution in [2.24, 2.45) is 0 Å². The standard InChI is InChI=1S/2C21H16N.Zr/c2*1-15-10-11-21(22-14-15)18-12-17-8-5-9-19(20(17)13-18)16-6-3-2-4-7-16;/h2*2-14H,1H3;. The summed E-state index contributed by atoms with van der Waals surface area (Å²) < 4.78 is 0.709. The van der Waals surface area contributed by atoms with Crippen LogP contribution < -0.4 is 0 Å². The van der Waals surface area contributed by atoms with E-state index in [1.807, 2.05) is 12.4 Å². The molecule has 2 nitrogen and oxygen atoms in total. The van der Waals surface area contributed by atoms with Crippen LogP contribution in [0.2, 0.25) is 0 Å². The Bertz CT molecular complexity index is 1920. The molecule has 6 aromatic rings.